The average Bonchev–Trinajstić information content (AvgIpc) is 3.19. The molecular formula is C24H24N2O5. The van der Waals surface area contributed by atoms with Crippen molar-refractivity contribution in [3.8, 4) is 0 Å². The van der Waals surface area contributed by atoms with E-state index in [-0.39, 0.29) is 19.6 Å². The quantitative estimate of drug-likeness (QED) is 0.296. The SMILES string of the molecule is C=CCOC(=O)CC(=O)[C@H](Cc1c[nH]c2ccccc12)NC(=O)OCc1ccccc1. The lowest BCUT2D eigenvalue weighted by Crippen LogP contribution is -2.43. The molecule has 0 radical (unpaired) electrons. The van der Waals surface area contributed by atoms with Gasteiger partial charge in [-0.3, -0.25) is 9.59 Å². The molecule has 0 bridgehead atoms. The Kier molecular flexibility index (Phi) is 7.59. The van der Waals surface area contributed by atoms with Crippen molar-refractivity contribution < 1.29 is 23.9 Å². The Bertz CT molecular complexity index is 1060. The van der Waals surface area contributed by atoms with E-state index in [2.05, 4.69) is 16.9 Å². The number of rotatable bonds is 10. The van der Waals surface area contributed by atoms with Crippen molar-refractivity contribution in [2.45, 2.75) is 25.5 Å². The van der Waals surface area contributed by atoms with Crippen molar-refractivity contribution in [3.05, 3.63) is 84.6 Å². The highest BCUT2D eigenvalue weighted by Gasteiger charge is 2.25. The number of ether oxygens (including phenoxy) is 2. The summed E-state index contributed by atoms with van der Waals surface area (Å²) in [5, 5.41) is 3.54. The maximum absolute atomic E-state index is 12.8. The van der Waals surface area contributed by atoms with Gasteiger partial charge in [0.1, 0.15) is 19.6 Å². The molecule has 0 fully saturated rings. The molecule has 2 aromatic carbocycles. The number of aromatic amines is 1. The molecule has 7 nitrogen and oxygen atoms in total. The van der Waals surface area contributed by atoms with Gasteiger partial charge in [0.15, 0.2) is 5.78 Å². The minimum atomic E-state index is -0.946. The Labute approximate surface area is 180 Å². The molecule has 31 heavy (non-hydrogen) atoms. The Hall–Kier alpha value is -3.87. The van der Waals surface area contributed by atoms with Gasteiger partial charge in [-0.15, -0.1) is 0 Å². The van der Waals surface area contributed by atoms with Crippen LogP contribution in [0.4, 0.5) is 4.79 Å². The molecule has 0 aliphatic rings. The number of carbonyl (C=O) groups is 3. The third kappa shape index (κ3) is 6.30. The van der Waals surface area contributed by atoms with Crippen molar-refractivity contribution in [2.75, 3.05) is 6.61 Å². The molecule has 0 saturated heterocycles. The first-order valence-electron chi connectivity index (χ1n) is 9.88. The number of hydrogen-bond donors (Lipinski definition) is 2. The van der Waals surface area contributed by atoms with E-state index >= 15 is 0 Å². The van der Waals surface area contributed by atoms with Crippen LogP contribution in [0.2, 0.25) is 0 Å². The number of esters is 1. The van der Waals surface area contributed by atoms with Crippen LogP contribution in [0.15, 0.2) is 73.4 Å². The fourth-order valence-electron chi connectivity index (χ4n) is 3.14. The van der Waals surface area contributed by atoms with Crippen LogP contribution in [0.3, 0.4) is 0 Å². The van der Waals surface area contributed by atoms with Gasteiger partial charge in [0.05, 0.1) is 6.04 Å². The largest absolute Gasteiger partial charge is 0.461 e. The second-order valence-electron chi connectivity index (χ2n) is 6.94. The van der Waals surface area contributed by atoms with Crippen molar-refractivity contribution in [1.29, 1.82) is 0 Å². The smallest absolute Gasteiger partial charge is 0.408 e. The Morgan fingerprint density at radius 2 is 1.77 bits per heavy atom. The summed E-state index contributed by atoms with van der Waals surface area (Å²) in [6.07, 6.45) is 2.22. The van der Waals surface area contributed by atoms with E-state index < -0.39 is 30.3 Å². The fraction of sp³-hybridized carbons (Fsp3) is 0.208. The summed E-state index contributed by atoms with van der Waals surface area (Å²) in [5.41, 5.74) is 2.59. The van der Waals surface area contributed by atoms with Gasteiger partial charge in [-0.2, -0.15) is 0 Å². The standard InChI is InChI=1S/C24H24N2O5/c1-2-12-30-23(28)14-22(27)21(13-18-15-25-20-11-7-6-10-19(18)20)26-24(29)31-16-17-8-4-3-5-9-17/h2-11,15,21,25H,1,12-14,16H2,(H,26,29)/t21-/m0/s1. The van der Waals surface area contributed by atoms with Crippen molar-refractivity contribution >= 4 is 28.7 Å². The molecule has 1 heterocycles. The van der Waals surface area contributed by atoms with Crippen LogP contribution < -0.4 is 5.32 Å². The van der Waals surface area contributed by atoms with E-state index in [9.17, 15) is 14.4 Å². The summed E-state index contributed by atoms with van der Waals surface area (Å²) in [7, 11) is 0. The van der Waals surface area contributed by atoms with Gasteiger partial charge in [0.2, 0.25) is 0 Å². The Balaban J connectivity index is 1.70. The van der Waals surface area contributed by atoms with Gasteiger partial charge < -0.3 is 19.8 Å². The first kappa shape index (κ1) is 21.8. The lowest BCUT2D eigenvalue weighted by Gasteiger charge is -2.17. The van der Waals surface area contributed by atoms with E-state index in [0.29, 0.717) is 0 Å². The number of amides is 1. The molecule has 3 rings (SSSR count). The highest BCUT2D eigenvalue weighted by Crippen LogP contribution is 2.19. The zero-order valence-electron chi connectivity index (χ0n) is 17.0. The van der Waals surface area contributed by atoms with Gasteiger partial charge in [-0.05, 0) is 17.2 Å². The minimum Gasteiger partial charge on any atom is -0.461 e. The summed E-state index contributed by atoms with van der Waals surface area (Å²) in [4.78, 5) is 40.2. The van der Waals surface area contributed by atoms with Crippen LogP contribution >= 0.6 is 0 Å². The normalized spacial score (nSPS) is 11.5. The lowest BCUT2D eigenvalue weighted by atomic mass is 10.00. The molecule has 0 saturated carbocycles. The lowest BCUT2D eigenvalue weighted by molar-refractivity contribution is -0.145. The number of H-pyrrole nitrogens is 1. The number of benzene rings is 2. The van der Waals surface area contributed by atoms with Crippen LogP contribution in [0, 0.1) is 0 Å². The predicted molar refractivity (Wildman–Crippen MR) is 116 cm³/mol. The number of fused-ring (bicyclic) bond motifs is 1. The first-order chi connectivity index (χ1) is 15.1. The van der Waals surface area contributed by atoms with Gasteiger partial charge >= 0.3 is 12.1 Å². The third-order valence-corrected chi connectivity index (χ3v) is 4.67. The van der Waals surface area contributed by atoms with Gasteiger partial charge in [0.25, 0.3) is 0 Å². The summed E-state index contributed by atoms with van der Waals surface area (Å²) < 4.78 is 10.1. The van der Waals surface area contributed by atoms with Crippen LogP contribution in [0.25, 0.3) is 10.9 Å². The van der Waals surface area contributed by atoms with Crippen molar-refractivity contribution in [3.63, 3.8) is 0 Å². The number of aromatic nitrogens is 1. The second kappa shape index (κ2) is 10.8. The van der Waals surface area contributed by atoms with Crippen molar-refractivity contribution in [2.24, 2.45) is 0 Å². The highest BCUT2D eigenvalue weighted by atomic mass is 16.5. The third-order valence-electron chi connectivity index (χ3n) is 4.67. The Morgan fingerprint density at radius 3 is 2.55 bits per heavy atom. The van der Waals surface area contributed by atoms with Crippen LogP contribution in [-0.2, 0) is 32.1 Å². The maximum atomic E-state index is 12.8. The maximum Gasteiger partial charge on any atom is 0.408 e. The molecular weight excluding hydrogens is 396 g/mol. The van der Waals surface area contributed by atoms with E-state index in [1.165, 1.54) is 6.08 Å². The predicted octanol–water partition coefficient (Wildman–Crippen LogP) is 3.69. The highest BCUT2D eigenvalue weighted by molar-refractivity contribution is 6.00. The molecule has 7 heteroatoms. The number of Topliss-reactive ketones (excluding diaryl/α,β-unsaturated/α-hetero) is 1. The molecule has 160 valence electrons. The Morgan fingerprint density at radius 1 is 1.03 bits per heavy atom. The number of nitrogens with one attached hydrogen (secondary N) is 2. The molecule has 0 unspecified atom stereocenters. The number of para-hydroxylation sites is 1. The monoisotopic (exact) mass is 420 g/mol. The van der Waals surface area contributed by atoms with E-state index in [0.717, 1.165) is 22.0 Å². The topological polar surface area (TPSA) is 97.5 Å². The van der Waals surface area contributed by atoms with E-state index in [4.69, 9.17) is 9.47 Å². The summed E-state index contributed by atoms with van der Waals surface area (Å²) in [6, 6.07) is 15.9. The zero-order valence-corrected chi connectivity index (χ0v) is 17.0. The van der Waals surface area contributed by atoms with Gasteiger partial charge in [-0.25, -0.2) is 4.79 Å². The number of hydrogen-bond acceptors (Lipinski definition) is 5. The van der Waals surface area contributed by atoms with Gasteiger partial charge in [0, 0.05) is 23.5 Å². The number of carbonyl (C=O) groups excluding carboxylic acids is 3. The molecule has 2 N–H and O–H groups in total. The zero-order chi connectivity index (χ0) is 22.1. The van der Waals surface area contributed by atoms with Gasteiger partial charge in [-0.1, -0.05) is 61.2 Å². The molecule has 3 aromatic rings. The number of ketones is 1. The average molecular weight is 420 g/mol. The van der Waals surface area contributed by atoms with E-state index in [1.807, 2.05) is 54.6 Å². The molecule has 1 atom stereocenters. The summed E-state index contributed by atoms with van der Waals surface area (Å²) in [5.74, 6) is -1.13. The molecule has 0 aliphatic heterocycles. The minimum absolute atomic E-state index is 0.0196. The van der Waals surface area contributed by atoms with Crippen molar-refractivity contribution in [1.82, 2.24) is 10.3 Å². The van der Waals surface area contributed by atoms with Crippen LogP contribution in [-0.4, -0.2) is 35.5 Å². The van der Waals surface area contributed by atoms with Crippen LogP contribution in [0.5, 0.6) is 0 Å². The molecule has 0 aliphatic carbocycles. The molecule has 0 spiro atoms. The molecule has 1 aromatic heterocycles. The molecule has 1 amide bonds. The van der Waals surface area contributed by atoms with E-state index in [1.54, 1.807) is 6.20 Å². The fourth-order valence-corrected chi connectivity index (χ4v) is 3.14. The summed E-state index contributed by atoms with van der Waals surface area (Å²) in [6.45, 7) is 3.56. The first-order valence-corrected chi connectivity index (χ1v) is 9.88. The summed E-state index contributed by atoms with van der Waals surface area (Å²) >= 11 is 0. The van der Waals surface area contributed by atoms with Crippen LogP contribution in [0.1, 0.15) is 17.5 Å². The number of alkyl carbamates (subject to hydrolysis) is 1. The second-order valence-corrected chi connectivity index (χ2v) is 6.94.